The van der Waals surface area contributed by atoms with E-state index in [0.717, 1.165) is 0 Å². The number of hydrogen-bond donors (Lipinski definition) is 2. The van der Waals surface area contributed by atoms with E-state index in [9.17, 15) is 13.2 Å². The molecule has 1 heterocycles. The molecule has 8 heteroatoms. The molecule has 1 aromatic heterocycles. The van der Waals surface area contributed by atoms with E-state index in [1.54, 1.807) is 0 Å². The molecule has 0 saturated carbocycles. The monoisotopic (exact) mass is 258 g/mol. The van der Waals surface area contributed by atoms with Crippen molar-refractivity contribution < 1.29 is 22.7 Å². The molecule has 0 amide bonds. The highest BCUT2D eigenvalue weighted by Gasteiger charge is 2.15. The van der Waals surface area contributed by atoms with Gasteiger partial charge < -0.3 is 9.52 Å². The number of sulfonamides is 1. The number of aromatic carboxylic acids is 1. The molecule has 0 unspecified atom stereocenters. The van der Waals surface area contributed by atoms with E-state index in [1.165, 1.54) is 19.1 Å². The van der Waals surface area contributed by atoms with E-state index >= 15 is 0 Å². The van der Waals surface area contributed by atoms with Crippen LogP contribution >= 0.6 is 0 Å². The highest BCUT2D eigenvalue weighted by atomic mass is 32.2. The lowest BCUT2D eigenvalue weighted by Crippen LogP contribution is -2.25. The van der Waals surface area contributed by atoms with Crippen molar-refractivity contribution in [2.24, 2.45) is 0 Å². The summed E-state index contributed by atoms with van der Waals surface area (Å²) in [6.45, 7) is 1.29. The van der Waals surface area contributed by atoms with Crippen molar-refractivity contribution in [2.75, 3.05) is 5.75 Å². The Bertz CT molecular complexity index is 567. The van der Waals surface area contributed by atoms with Crippen LogP contribution in [0.3, 0.4) is 0 Å². The van der Waals surface area contributed by atoms with Crippen LogP contribution in [-0.2, 0) is 16.6 Å². The van der Waals surface area contributed by atoms with Gasteiger partial charge >= 0.3 is 5.97 Å². The van der Waals surface area contributed by atoms with Gasteiger partial charge in [-0.25, -0.2) is 17.9 Å². The van der Waals surface area contributed by atoms with Crippen molar-refractivity contribution in [3.8, 4) is 6.07 Å². The summed E-state index contributed by atoms with van der Waals surface area (Å²) in [5.41, 5.74) is -0.0144. The summed E-state index contributed by atoms with van der Waals surface area (Å²) < 4.78 is 29.5. The largest absolute Gasteiger partial charge is 0.478 e. The first kappa shape index (κ1) is 13.2. The van der Waals surface area contributed by atoms with Crippen molar-refractivity contribution in [3.63, 3.8) is 0 Å². The Balaban J connectivity index is 2.75. The first-order valence-corrected chi connectivity index (χ1v) is 6.18. The zero-order chi connectivity index (χ0) is 13.1. The summed E-state index contributed by atoms with van der Waals surface area (Å²) in [5.74, 6) is -1.41. The Morgan fingerprint density at radius 2 is 2.29 bits per heavy atom. The number of carbonyl (C=O) groups is 1. The molecule has 0 atom stereocenters. The number of hydrogen-bond acceptors (Lipinski definition) is 5. The lowest BCUT2D eigenvalue weighted by Gasteiger charge is -1.99. The Hall–Kier alpha value is -1.85. The average molecular weight is 258 g/mol. The SMILES string of the molecule is Cc1oc(CNS(=O)(=O)CC#N)cc1C(=O)O. The fourth-order valence-electron chi connectivity index (χ4n) is 1.16. The van der Waals surface area contributed by atoms with Gasteiger partial charge in [-0.15, -0.1) is 0 Å². The molecular formula is C9H10N2O5S. The number of furan rings is 1. The topological polar surface area (TPSA) is 120 Å². The summed E-state index contributed by atoms with van der Waals surface area (Å²) in [5, 5.41) is 17.0. The van der Waals surface area contributed by atoms with Gasteiger partial charge in [-0.1, -0.05) is 0 Å². The molecule has 1 aromatic rings. The summed E-state index contributed by atoms with van der Waals surface area (Å²) in [6.07, 6.45) is 0. The number of nitrogens with zero attached hydrogens (tertiary/aromatic N) is 1. The Kier molecular flexibility index (Phi) is 3.88. The second-order valence-electron chi connectivity index (χ2n) is 3.23. The molecule has 0 spiro atoms. The van der Waals surface area contributed by atoms with Crippen LogP contribution in [0.2, 0.25) is 0 Å². The van der Waals surface area contributed by atoms with Crippen molar-refractivity contribution in [1.82, 2.24) is 4.72 Å². The van der Waals surface area contributed by atoms with E-state index < -0.39 is 21.7 Å². The van der Waals surface area contributed by atoms with Gasteiger partial charge in [-0.2, -0.15) is 5.26 Å². The lowest BCUT2D eigenvalue weighted by atomic mass is 10.2. The third-order valence-electron chi connectivity index (χ3n) is 1.92. The van der Waals surface area contributed by atoms with E-state index in [4.69, 9.17) is 14.8 Å². The molecule has 2 N–H and O–H groups in total. The fourth-order valence-corrected chi connectivity index (χ4v) is 1.79. The fraction of sp³-hybridized carbons (Fsp3) is 0.333. The number of aryl methyl sites for hydroxylation is 1. The van der Waals surface area contributed by atoms with E-state index in [2.05, 4.69) is 4.72 Å². The quantitative estimate of drug-likeness (QED) is 0.779. The molecule has 17 heavy (non-hydrogen) atoms. The van der Waals surface area contributed by atoms with Crippen LogP contribution in [0.25, 0.3) is 0 Å². The molecule has 0 aliphatic heterocycles. The lowest BCUT2D eigenvalue weighted by molar-refractivity contribution is 0.0695. The second-order valence-corrected chi connectivity index (χ2v) is 5.03. The van der Waals surface area contributed by atoms with Gasteiger partial charge in [-0.3, -0.25) is 0 Å². The van der Waals surface area contributed by atoms with Crippen LogP contribution < -0.4 is 4.72 Å². The predicted octanol–water partition coefficient (Wildman–Crippen LogP) is 0.229. The molecule has 92 valence electrons. The first-order chi connectivity index (χ1) is 7.85. The van der Waals surface area contributed by atoms with Crippen LogP contribution in [0.15, 0.2) is 10.5 Å². The summed E-state index contributed by atoms with van der Waals surface area (Å²) in [6, 6.07) is 2.75. The van der Waals surface area contributed by atoms with Gasteiger partial charge in [0.05, 0.1) is 12.6 Å². The van der Waals surface area contributed by atoms with Crippen LogP contribution in [0.1, 0.15) is 21.9 Å². The molecule has 0 saturated heterocycles. The van der Waals surface area contributed by atoms with Crippen molar-refractivity contribution in [2.45, 2.75) is 13.5 Å². The third-order valence-corrected chi connectivity index (χ3v) is 3.01. The van der Waals surface area contributed by atoms with Gasteiger partial charge in [0, 0.05) is 0 Å². The summed E-state index contributed by atoms with van der Waals surface area (Å²) >= 11 is 0. The van der Waals surface area contributed by atoms with Crippen molar-refractivity contribution >= 4 is 16.0 Å². The standard InChI is InChI=1S/C9H10N2O5S/c1-6-8(9(12)13)4-7(16-6)5-11-17(14,15)3-2-10/h4,11H,3,5H2,1H3,(H,12,13). The number of carboxylic acids is 1. The number of nitriles is 1. The van der Waals surface area contributed by atoms with Gasteiger partial charge in [-0.05, 0) is 13.0 Å². The first-order valence-electron chi connectivity index (χ1n) is 4.52. The zero-order valence-corrected chi connectivity index (χ0v) is 9.74. The molecule has 0 aliphatic carbocycles. The summed E-state index contributed by atoms with van der Waals surface area (Å²) in [7, 11) is -3.67. The van der Waals surface area contributed by atoms with Crippen LogP contribution in [-0.4, -0.2) is 25.2 Å². The number of rotatable bonds is 5. The maximum atomic E-state index is 11.1. The molecular weight excluding hydrogens is 248 g/mol. The molecule has 0 fully saturated rings. The number of carboxylic acid groups (broad SMARTS) is 1. The second kappa shape index (κ2) is 4.99. The number of nitrogens with one attached hydrogen (secondary N) is 1. The molecule has 0 bridgehead atoms. The Labute approximate surface area is 97.7 Å². The maximum Gasteiger partial charge on any atom is 0.339 e. The van der Waals surface area contributed by atoms with Gasteiger partial charge in [0.1, 0.15) is 17.1 Å². The average Bonchev–Trinajstić information content (AvgIpc) is 2.57. The van der Waals surface area contributed by atoms with Crippen molar-refractivity contribution in [1.29, 1.82) is 5.26 Å². The Morgan fingerprint density at radius 3 is 2.76 bits per heavy atom. The highest BCUT2D eigenvalue weighted by molar-refractivity contribution is 7.89. The minimum atomic E-state index is -3.67. The van der Waals surface area contributed by atoms with Gasteiger partial charge in [0.15, 0.2) is 5.75 Å². The normalized spacial score (nSPS) is 11.1. The van der Waals surface area contributed by atoms with Gasteiger partial charge in [0.2, 0.25) is 10.0 Å². The zero-order valence-electron chi connectivity index (χ0n) is 8.93. The Morgan fingerprint density at radius 1 is 1.65 bits per heavy atom. The van der Waals surface area contributed by atoms with E-state index in [-0.39, 0.29) is 23.6 Å². The molecule has 0 aliphatic rings. The van der Waals surface area contributed by atoms with Crippen LogP contribution in [0.4, 0.5) is 0 Å². The van der Waals surface area contributed by atoms with Crippen LogP contribution in [0.5, 0.6) is 0 Å². The van der Waals surface area contributed by atoms with Crippen molar-refractivity contribution in [3.05, 3.63) is 23.2 Å². The van der Waals surface area contributed by atoms with Gasteiger partial charge in [0.25, 0.3) is 0 Å². The minimum Gasteiger partial charge on any atom is -0.478 e. The molecule has 7 nitrogen and oxygen atoms in total. The molecule has 0 aromatic carbocycles. The molecule has 0 radical (unpaired) electrons. The predicted molar refractivity (Wildman–Crippen MR) is 56.6 cm³/mol. The van der Waals surface area contributed by atoms with E-state index in [1.807, 2.05) is 0 Å². The molecule has 1 rings (SSSR count). The van der Waals surface area contributed by atoms with Crippen LogP contribution in [0, 0.1) is 18.3 Å². The van der Waals surface area contributed by atoms with E-state index in [0.29, 0.717) is 0 Å². The maximum absolute atomic E-state index is 11.1. The third kappa shape index (κ3) is 3.58. The smallest absolute Gasteiger partial charge is 0.339 e. The highest BCUT2D eigenvalue weighted by Crippen LogP contribution is 2.14. The minimum absolute atomic E-state index is 0.0144. The summed E-state index contributed by atoms with van der Waals surface area (Å²) in [4.78, 5) is 10.7.